The zero-order valence-corrected chi connectivity index (χ0v) is 12.7. The van der Waals surface area contributed by atoms with Gasteiger partial charge in [0.25, 0.3) is 5.56 Å². The van der Waals surface area contributed by atoms with Gasteiger partial charge in [0.1, 0.15) is 5.82 Å². The second-order valence-corrected chi connectivity index (χ2v) is 5.51. The summed E-state index contributed by atoms with van der Waals surface area (Å²) in [7, 11) is 0. The van der Waals surface area contributed by atoms with Gasteiger partial charge in [-0.15, -0.1) is 0 Å². The first-order chi connectivity index (χ1) is 9.74. The first-order valence-electron chi connectivity index (χ1n) is 6.15. The third-order valence-electron chi connectivity index (χ3n) is 3.02. The van der Waals surface area contributed by atoms with Crippen molar-refractivity contribution in [2.75, 3.05) is 0 Å². The fourth-order valence-electron chi connectivity index (χ4n) is 1.98. The largest absolute Gasteiger partial charge is 0.306 e. The van der Waals surface area contributed by atoms with Gasteiger partial charge in [-0.25, -0.2) is 4.98 Å². The van der Waals surface area contributed by atoms with Crippen LogP contribution in [0, 0.1) is 3.57 Å². The van der Waals surface area contributed by atoms with Crippen LogP contribution in [0.3, 0.4) is 0 Å². The van der Waals surface area contributed by atoms with Gasteiger partial charge in [0.2, 0.25) is 0 Å². The summed E-state index contributed by atoms with van der Waals surface area (Å²) in [6.45, 7) is 0. The second-order valence-electron chi connectivity index (χ2n) is 4.35. The van der Waals surface area contributed by atoms with Crippen LogP contribution < -0.4 is 5.56 Å². The molecule has 0 aliphatic heterocycles. The maximum atomic E-state index is 11.6. The van der Waals surface area contributed by atoms with Crippen molar-refractivity contribution in [3.8, 4) is 22.5 Å². The van der Waals surface area contributed by atoms with Crippen molar-refractivity contribution in [3.63, 3.8) is 0 Å². The van der Waals surface area contributed by atoms with Crippen molar-refractivity contribution < 1.29 is 0 Å². The monoisotopic (exact) mass is 374 g/mol. The zero-order chi connectivity index (χ0) is 13.9. The van der Waals surface area contributed by atoms with E-state index in [1.165, 1.54) is 5.56 Å². The summed E-state index contributed by atoms with van der Waals surface area (Å²) in [5.74, 6) is 0.593. The average molecular weight is 374 g/mol. The smallest absolute Gasteiger partial charge is 0.264 e. The van der Waals surface area contributed by atoms with E-state index in [0.717, 1.165) is 11.1 Å². The molecule has 3 nitrogen and oxygen atoms in total. The molecule has 0 amide bonds. The van der Waals surface area contributed by atoms with Crippen LogP contribution in [0.15, 0.2) is 65.6 Å². The lowest BCUT2D eigenvalue weighted by Gasteiger charge is -2.04. The lowest BCUT2D eigenvalue weighted by Crippen LogP contribution is -2.11. The van der Waals surface area contributed by atoms with E-state index in [4.69, 9.17) is 0 Å². The topological polar surface area (TPSA) is 45.8 Å². The Labute approximate surface area is 129 Å². The minimum absolute atomic E-state index is 0.109. The highest BCUT2D eigenvalue weighted by atomic mass is 127. The predicted molar refractivity (Wildman–Crippen MR) is 88.4 cm³/mol. The Kier molecular flexibility index (Phi) is 3.64. The number of rotatable bonds is 2. The fraction of sp³-hybridized carbons (Fsp3) is 0. The summed E-state index contributed by atoms with van der Waals surface area (Å²) in [5, 5.41) is 0. The number of hydrogen-bond acceptors (Lipinski definition) is 2. The molecule has 1 N–H and O–H groups in total. The van der Waals surface area contributed by atoms with E-state index in [9.17, 15) is 4.79 Å². The minimum atomic E-state index is -0.109. The van der Waals surface area contributed by atoms with E-state index >= 15 is 0 Å². The van der Waals surface area contributed by atoms with Gasteiger partial charge in [0, 0.05) is 11.8 Å². The number of nitrogens with zero attached hydrogens (tertiary/aromatic N) is 1. The van der Waals surface area contributed by atoms with Crippen LogP contribution in [-0.4, -0.2) is 9.97 Å². The molecular weight excluding hydrogens is 363 g/mol. The maximum absolute atomic E-state index is 11.6. The number of nitrogens with one attached hydrogen (secondary N) is 1. The molecule has 0 spiro atoms. The molecule has 0 aliphatic rings. The molecule has 1 heterocycles. The summed E-state index contributed by atoms with van der Waals surface area (Å²) in [4.78, 5) is 18.6. The van der Waals surface area contributed by atoms with E-state index < -0.39 is 0 Å². The molecule has 0 aliphatic carbocycles. The van der Waals surface area contributed by atoms with E-state index in [1.807, 2.05) is 65.1 Å². The molecule has 3 rings (SSSR count). The SMILES string of the molecule is O=c1[nH]c(-c2ccc(-c3ccccc3)cc2)ncc1I. The Morgan fingerprint density at radius 3 is 2.10 bits per heavy atom. The molecule has 0 saturated heterocycles. The molecule has 2 aromatic carbocycles. The van der Waals surface area contributed by atoms with Crippen molar-refractivity contribution in [2.45, 2.75) is 0 Å². The Morgan fingerprint density at radius 1 is 0.850 bits per heavy atom. The van der Waals surface area contributed by atoms with Gasteiger partial charge in [-0.1, -0.05) is 54.6 Å². The zero-order valence-electron chi connectivity index (χ0n) is 10.5. The van der Waals surface area contributed by atoms with E-state index in [-0.39, 0.29) is 5.56 Å². The number of benzene rings is 2. The molecule has 0 atom stereocenters. The first-order valence-corrected chi connectivity index (χ1v) is 7.22. The Bertz CT molecular complexity index is 780. The molecule has 0 fully saturated rings. The van der Waals surface area contributed by atoms with Crippen molar-refractivity contribution in [1.82, 2.24) is 9.97 Å². The van der Waals surface area contributed by atoms with Gasteiger partial charge in [0.05, 0.1) is 3.57 Å². The summed E-state index contributed by atoms with van der Waals surface area (Å²) in [5.41, 5.74) is 3.10. The standard InChI is InChI=1S/C16H11IN2O/c17-14-10-18-15(19-16(14)20)13-8-6-12(7-9-13)11-4-2-1-3-5-11/h1-10H,(H,18,19,20). The van der Waals surface area contributed by atoms with Gasteiger partial charge >= 0.3 is 0 Å². The summed E-state index contributed by atoms with van der Waals surface area (Å²) in [6, 6.07) is 18.2. The lowest BCUT2D eigenvalue weighted by molar-refractivity contribution is 1.11. The summed E-state index contributed by atoms with van der Waals surface area (Å²) < 4.78 is 0.590. The molecule has 0 radical (unpaired) electrons. The Balaban J connectivity index is 1.97. The number of aromatic amines is 1. The lowest BCUT2D eigenvalue weighted by atomic mass is 10.0. The predicted octanol–water partition coefficient (Wildman–Crippen LogP) is 3.71. The van der Waals surface area contributed by atoms with E-state index in [1.54, 1.807) is 6.20 Å². The minimum Gasteiger partial charge on any atom is -0.306 e. The number of H-pyrrole nitrogens is 1. The van der Waals surface area contributed by atoms with E-state index in [0.29, 0.717) is 9.39 Å². The fourth-order valence-corrected chi connectivity index (χ4v) is 2.25. The third kappa shape index (κ3) is 2.65. The van der Waals surface area contributed by atoms with Crippen molar-refractivity contribution >= 4 is 22.6 Å². The number of aromatic nitrogens is 2. The van der Waals surface area contributed by atoms with Crippen LogP contribution in [0.2, 0.25) is 0 Å². The second kappa shape index (κ2) is 5.58. The highest BCUT2D eigenvalue weighted by Crippen LogP contribution is 2.22. The van der Waals surface area contributed by atoms with Gasteiger partial charge in [-0.3, -0.25) is 4.79 Å². The molecular formula is C16H11IN2O. The van der Waals surface area contributed by atoms with Gasteiger partial charge in [-0.05, 0) is 33.7 Å². The van der Waals surface area contributed by atoms with Crippen LogP contribution in [-0.2, 0) is 0 Å². The summed E-state index contributed by atoms with van der Waals surface area (Å²) in [6.07, 6.45) is 1.58. The number of halogens is 1. The molecule has 98 valence electrons. The first kappa shape index (κ1) is 13.1. The maximum Gasteiger partial charge on any atom is 0.264 e. The quantitative estimate of drug-likeness (QED) is 0.696. The molecule has 3 aromatic rings. The Morgan fingerprint density at radius 2 is 1.45 bits per heavy atom. The van der Waals surface area contributed by atoms with Gasteiger partial charge in [-0.2, -0.15) is 0 Å². The third-order valence-corrected chi connectivity index (χ3v) is 3.79. The van der Waals surface area contributed by atoms with Crippen LogP contribution in [0.4, 0.5) is 0 Å². The highest BCUT2D eigenvalue weighted by Gasteiger charge is 2.03. The van der Waals surface area contributed by atoms with Crippen LogP contribution in [0.1, 0.15) is 0 Å². The van der Waals surface area contributed by atoms with Gasteiger partial charge in [0.15, 0.2) is 0 Å². The van der Waals surface area contributed by atoms with Crippen LogP contribution in [0.5, 0.6) is 0 Å². The molecule has 0 unspecified atom stereocenters. The van der Waals surface area contributed by atoms with Gasteiger partial charge < -0.3 is 4.98 Å². The summed E-state index contributed by atoms with van der Waals surface area (Å²) >= 11 is 1.97. The molecule has 4 heteroatoms. The number of hydrogen-bond donors (Lipinski definition) is 1. The van der Waals surface area contributed by atoms with Crippen molar-refractivity contribution in [1.29, 1.82) is 0 Å². The van der Waals surface area contributed by atoms with Crippen molar-refractivity contribution in [2.24, 2.45) is 0 Å². The molecule has 0 bridgehead atoms. The highest BCUT2D eigenvalue weighted by molar-refractivity contribution is 14.1. The van der Waals surface area contributed by atoms with Crippen LogP contribution in [0.25, 0.3) is 22.5 Å². The molecule has 1 aromatic heterocycles. The average Bonchev–Trinajstić information content (AvgIpc) is 2.51. The van der Waals surface area contributed by atoms with Crippen LogP contribution >= 0.6 is 22.6 Å². The normalized spacial score (nSPS) is 10.4. The molecule has 0 saturated carbocycles. The van der Waals surface area contributed by atoms with Crippen molar-refractivity contribution in [3.05, 3.63) is 74.7 Å². The molecule has 20 heavy (non-hydrogen) atoms. The van der Waals surface area contributed by atoms with E-state index in [2.05, 4.69) is 22.1 Å². The Hall–Kier alpha value is -1.95.